The molecule has 3 aromatic rings. The summed E-state index contributed by atoms with van der Waals surface area (Å²) in [5, 5.41) is 7.00. The molecule has 2 heterocycles. The predicted octanol–water partition coefficient (Wildman–Crippen LogP) is 4.17. The predicted molar refractivity (Wildman–Crippen MR) is 123 cm³/mol. The van der Waals surface area contributed by atoms with Gasteiger partial charge in [0.05, 0.1) is 0 Å². The van der Waals surface area contributed by atoms with Gasteiger partial charge in [0.1, 0.15) is 5.69 Å². The molecular formula is C26H31N3O2. The molecule has 4 rings (SSSR count). The molecule has 162 valence electrons. The molecular weight excluding hydrogens is 386 g/mol. The molecule has 0 spiro atoms. The number of carbonyl (C=O) groups excluding carboxylic acids is 1. The molecule has 1 aliphatic heterocycles. The smallest absolute Gasteiger partial charge is 0.267 e. The molecule has 2 N–H and O–H groups in total. The lowest BCUT2D eigenvalue weighted by Crippen LogP contribution is -2.57. The molecule has 1 fully saturated rings. The Bertz CT molecular complexity index is 963. The second kappa shape index (κ2) is 9.94. The number of nitrogens with one attached hydrogen (secondary N) is 2. The summed E-state index contributed by atoms with van der Waals surface area (Å²) in [4.78, 5) is 13.1. The molecule has 1 amide bonds. The van der Waals surface area contributed by atoms with Crippen molar-refractivity contribution in [2.75, 3.05) is 19.8 Å². The van der Waals surface area contributed by atoms with Gasteiger partial charge in [-0.2, -0.15) is 0 Å². The van der Waals surface area contributed by atoms with Gasteiger partial charge in [-0.05, 0) is 43.0 Å². The molecule has 1 aliphatic rings. The first-order valence-electron chi connectivity index (χ1n) is 11.0. The van der Waals surface area contributed by atoms with Crippen LogP contribution in [0.4, 0.5) is 0 Å². The maximum atomic E-state index is 13.1. The molecule has 0 saturated carbocycles. The van der Waals surface area contributed by atoms with Gasteiger partial charge in [-0.3, -0.25) is 4.79 Å². The minimum absolute atomic E-state index is 0.0408. The summed E-state index contributed by atoms with van der Waals surface area (Å²) < 4.78 is 7.62. The van der Waals surface area contributed by atoms with Gasteiger partial charge in [-0.15, -0.1) is 0 Å². The van der Waals surface area contributed by atoms with E-state index in [2.05, 4.69) is 54.0 Å². The first-order chi connectivity index (χ1) is 15.2. The highest BCUT2D eigenvalue weighted by atomic mass is 16.5. The fourth-order valence-corrected chi connectivity index (χ4v) is 4.30. The van der Waals surface area contributed by atoms with Crippen LogP contribution in [0.5, 0.6) is 0 Å². The lowest BCUT2D eigenvalue weighted by molar-refractivity contribution is 0.0331. The maximum absolute atomic E-state index is 13.1. The second-order valence-corrected chi connectivity index (χ2v) is 8.36. The van der Waals surface area contributed by atoms with Crippen LogP contribution in [0.2, 0.25) is 0 Å². The lowest BCUT2D eigenvalue weighted by atomic mass is 9.88. The van der Waals surface area contributed by atoms with E-state index in [1.54, 1.807) is 0 Å². The van der Waals surface area contributed by atoms with E-state index in [-0.39, 0.29) is 17.5 Å². The van der Waals surface area contributed by atoms with Crippen molar-refractivity contribution < 1.29 is 9.53 Å². The van der Waals surface area contributed by atoms with E-state index in [1.807, 2.05) is 47.2 Å². The van der Waals surface area contributed by atoms with Crippen LogP contribution < -0.4 is 10.6 Å². The molecule has 31 heavy (non-hydrogen) atoms. The standard InChI is InChI=1S/C26H31N3O2/c1-21(23-11-6-3-7-12-23)28-26(14-17-31-18-15-26)20-27-25(30)24-13-8-16-29(24)19-22-9-4-2-5-10-22/h2-13,16,21,28H,14-15,17-20H2,1H3,(H,27,30). The van der Waals surface area contributed by atoms with Crippen molar-refractivity contribution in [3.05, 3.63) is 95.8 Å². The van der Waals surface area contributed by atoms with Gasteiger partial charge in [0.25, 0.3) is 5.91 Å². The van der Waals surface area contributed by atoms with Gasteiger partial charge < -0.3 is 19.9 Å². The third-order valence-corrected chi connectivity index (χ3v) is 6.12. The number of ether oxygens (including phenoxy) is 1. The molecule has 0 radical (unpaired) electrons. The van der Waals surface area contributed by atoms with E-state index in [9.17, 15) is 4.79 Å². The van der Waals surface area contributed by atoms with Crippen LogP contribution in [0.25, 0.3) is 0 Å². The molecule has 1 saturated heterocycles. The lowest BCUT2D eigenvalue weighted by Gasteiger charge is -2.40. The van der Waals surface area contributed by atoms with Crippen molar-refractivity contribution in [2.45, 2.75) is 37.9 Å². The van der Waals surface area contributed by atoms with Crippen LogP contribution in [0.15, 0.2) is 79.0 Å². The van der Waals surface area contributed by atoms with E-state index in [1.165, 1.54) is 11.1 Å². The summed E-state index contributed by atoms with van der Waals surface area (Å²) in [7, 11) is 0. The van der Waals surface area contributed by atoms with Gasteiger partial charge in [0, 0.05) is 44.1 Å². The zero-order valence-corrected chi connectivity index (χ0v) is 18.1. The average molecular weight is 418 g/mol. The number of carbonyl (C=O) groups is 1. The van der Waals surface area contributed by atoms with Crippen molar-refractivity contribution in [3.63, 3.8) is 0 Å². The number of nitrogens with zero attached hydrogens (tertiary/aromatic N) is 1. The number of amides is 1. The highest BCUT2D eigenvalue weighted by Crippen LogP contribution is 2.25. The Morgan fingerprint density at radius 3 is 2.39 bits per heavy atom. The first kappa shape index (κ1) is 21.3. The summed E-state index contributed by atoms with van der Waals surface area (Å²) in [5.74, 6) is -0.0408. The number of benzene rings is 2. The Morgan fingerprint density at radius 1 is 1.00 bits per heavy atom. The van der Waals surface area contributed by atoms with Gasteiger partial charge in [-0.1, -0.05) is 60.7 Å². The van der Waals surface area contributed by atoms with Crippen molar-refractivity contribution in [2.24, 2.45) is 0 Å². The molecule has 5 nitrogen and oxygen atoms in total. The van der Waals surface area contributed by atoms with E-state index >= 15 is 0 Å². The van der Waals surface area contributed by atoms with Crippen LogP contribution in [0.1, 0.15) is 47.4 Å². The number of aromatic nitrogens is 1. The van der Waals surface area contributed by atoms with Crippen molar-refractivity contribution in [1.82, 2.24) is 15.2 Å². The largest absolute Gasteiger partial charge is 0.381 e. The molecule has 0 bridgehead atoms. The fourth-order valence-electron chi connectivity index (χ4n) is 4.30. The van der Waals surface area contributed by atoms with Crippen LogP contribution >= 0.6 is 0 Å². The molecule has 1 unspecified atom stereocenters. The zero-order valence-electron chi connectivity index (χ0n) is 18.1. The van der Waals surface area contributed by atoms with E-state index in [0.29, 0.717) is 32.0 Å². The summed E-state index contributed by atoms with van der Waals surface area (Å²) in [6, 6.07) is 24.6. The summed E-state index contributed by atoms with van der Waals surface area (Å²) in [6.45, 7) is 4.84. The van der Waals surface area contributed by atoms with Crippen LogP contribution in [0, 0.1) is 0 Å². The van der Waals surface area contributed by atoms with Crippen LogP contribution in [0.3, 0.4) is 0 Å². The Balaban J connectivity index is 1.43. The zero-order chi connectivity index (χ0) is 21.5. The minimum atomic E-state index is -0.181. The van der Waals surface area contributed by atoms with Gasteiger partial charge in [0.2, 0.25) is 0 Å². The Morgan fingerprint density at radius 2 is 1.68 bits per heavy atom. The molecule has 2 aromatic carbocycles. The second-order valence-electron chi connectivity index (χ2n) is 8.36. The normalized spacial score (nSPS) is 16.5. The van der Waals surface area contributed by atoms with Crippen molar-refractivity contribution in [1.29, 1.82) is 0 Å². The Labute approximate surface area is 184 Å². The van der Waals surface area contributed by atoms with Crippen molar-refractivity contribution >= 4 is 5.91 Å². The van der Waals surface area contributed by atoms with Gasteiger partial charge in [-0.25, -0.2) is 0 Å². The molecule has 1 aromatic heterocycles. The van der Waals surface area contributed by atoms with Crippen molar-refractivity contribution in [3.8, 4) is 0 Å². The minimum Gasteiger partial charge on any atom is -0.381 e. The SMILES string of the molecule is CC(NC1(CNC(=O)c2cccn2Cc2ccccc2)CCOCC1)c1ccccc1. The third-order valence-electron chi connectivity index (χ3n) is 6.12. The van der Waals surface area contributed by atoms with Crippen LogP contribution in [-0.4, -0.2) is 35.8 Å². The summed E-state index contributed by atoms with van der Waals surface area (Å²) in [5.41, 5.74) is 2.92. The Kier molecular flexibility index (Phi) is 6.85. The number of hydrogen-bond donors (Lipinski definition) is 2. The quantitative estimate of drug-likeness (QED) is 0.579. The summed E-state index contributed by atoms with van der Waals surface area (Å²) in [6.07, 6.45) is 3.70. The topological polar surface area (TPSA) is 55.3 Å². The highest BCUT2D eigenvalue weighted by Gasteiger charge is 2.34. The average Bonchev–Trinajstić information content (AvgIpc) is 3.27. The molecule has 0 aliphatic carbocycles. The molecule has 5 heteroatoms. The fraction of sp³-hybridized carbons (Fsp3) is 0.346. The first-order valence-corrected chi connectivity index (χ1v) is 11.0. The van der Waals surface area contributed by atoms with Gasteiger partial charge in [0.15, 0.2) is 0 Å². The Hall–Kier alpha value is -2.89. The van der Waals surface area contributed by atoms with E-state index in [4.69, 9.17) is 4.74 Å². The van der Waals surface area contributed by atoms with Gasteiger partial charge >= 0.3 is 0 Å². The number of rotatable bonds is 8. The highest BCUT2D eigenvalue weighted by molar-refractivity contribution is 5.92. The van der Waals surface area contributed by atoms with E-state index in [0.717, 1.165) is 12.8 Å². The third kappa shape index (κ3) is 5.43. The monoisotopic (exact) mass is 417 g/mol. The molecule has 1 atom stereocenters. The number of hydrogen-bond acceptors (Lipinski definition) is 3. The maximum Gasteiger partial charge on any atom is 0.267 e. The van der Waals surface area contributed by atoms with Crippen LogP contribution in [-0.2, 0) is 11.3 Å². The van der Waals surface area contributed by atoms with E-state index < -0.39 is 0 Å². The summed E-state index contributed by atoms with van der Waals surface area (Å²) >= 11 is 0.